The van der Waals surface area contributed by atoms with Crippen LogP contribution in [0.5, 0.6) is 0 Å². The average Bonchev–Trinajstić information content (AvgIpc) is 2.89. The highest BCUT2D eigenvalue weighted by molar-refractivity contribution is 5.81. The van der Waals surface area contributed by atoms with Gasteiger partial charge in [-0.25, -0.2) is 4.79 Å². The van der Waals surface area contributed by atoms with Crippen molar-refractivity contribution < 1.29 is 14.3 Å². The molecule has 1 atom stereocenters. The van der Waals surface area contributed by atoms with Crippen LogP contribution in [0.25, 0.3) is 0 Å². The minimum atomic E-state index is -0.467. The second-order valence-corrected chi connectivity index (χ2v) is 7.54. The number of rotatable bonds is 3. The summed E-state index contributed by atoms with van der Waals surface area (Å²) in [6.45, 7) is 4.28. The lowest BCUT2D eigenvalue weighted by Gasteiger charge is -2.47. The monoisotopic (exact) mass is 344 g/mol. The first kappa shape index (κ1) is 16.3. The van der Waals surface area contributed by atoms with E-state index in [2.05, 4.69) is 16.0 Å². The summed E-state index contributed by atoms with van der Waals surface area (Å²) in [7, 11) is 1.74. The third kappa shape index (κ3) is 3.20. The fraction of sp³-hybridized carbons (Fsp3) is 0.611. The van der Waals surface area contributed by atoms with E-state index in [4.69, 9.17) is 4.74 Å². The van der Waals surface area contributed by atoms with Crippen LogP contribution >= 0.6 is 0 Å². The summed E-state index contributed by atoms with van der Waals surface area (Å²) in [5.74, 6) is 0.240. The summed E-state index contributed by atoms with van der Waals surface area (Å²) in [6, 6.07) is 4.02. The highest BCUT2D eigenvalue weighted by Gasteiger charge is 2.54. The molecular formula is C18H24N4O3. The van der Waals surface area contributed by atoms with Crippen LogP contribution in [0, 0.1) is 5.92 Å². The predicted molar refractivity (Wildman–Crippen MR) is 90.7 cm³/mol. The van der Waals surface area contributed by atoms with Gasteiger partial charge in [-0.1, -0.05) is 6.07 Å². The van der Waals surface area contributed by atoms with Crippen LogP contribution in [0.4, 0.5) is 4.79 Å². The fourth-order valence-corrected chi connectivity index (χ4v) is 4.17. The van der Waals surface area contributed by atoms with Gasteiger partial charge in [0.25, 0.3) is 0 Å². The Morgan fingerprint density at radius 1 is 1.40 bits per heavy atom. The number of hydrogen-bond donors (Lipinski definition) is 0. The summed E-state index contributed by atoms with van der Waals surface area (Å²) < 4.78 is 5.44. The Bertz CT molecular complexity index is 660. The number of carbonyl (C=O) groups is 2. The minimum absolute atomic E-state index is 0.0394. The standard InChI is InChI=1S/C18H24N4O3/c1-20-11-18(25-17(20)24)12-22(13-18)16(23)15-5-3-7-21(10-15)9-14-4-2-6-19-8-14/h2,4,6,8,15H,3,5,7,9-13H2,1H3. The molecule has 7 nitrogen and oxygen atoms in total. The normalized spacial score (nSPS) is 25.8. The fourth-order valence-electron chi connectivity index (χ4n) is 4.17. The number of likely N-dealkylation sites (N-methyl/N-ethyl adjacent to an activating group) is 1. The smallest absolute Gasteiger partial charge is 0.410 e. The van der Waals surface area contributed by atoms with E-state index in [9.17, 15) is 9.59 Å². The molecule has 3 saturated heterocycles. The van der Waals surface area contributed by atoms with Crippen LogP contribution in [0.2, 0.25) is 0 Å². The Balaban J connectivity index is 1.31. The minimum Gasteiger partial charge on any atom is -0.437 e. The van der Waals surface area contributed by atoms with Gasteiger partial charge < -0.3 is 14.5 Å². The van der Waals surface area contributed by atoms with Gasteiger partial charge in [-0.3, -0.25) is 14.7 Å². The number of amides is 2. The van der Waals surface area contributed by atoms with Crippen molar-refractivity contribution in [2.75, 3.05) is 39.8 Å². The van der Waals surface area contributed by atoms with E-state index >= 15 is 0 Å². The molecule has 134 valence electrons. The third-order valence-corrected chi connectivity index (χ3v) is 5.39. The van der Waals surface area contributed by atoms with Crippen LogP contribution in [0.15, 0.2) is 24.5 Å². The predicted octanol–water partition coefficient (Wildman–Crippen LogP) is 0.957. The number of nitrogens with zero attached hydrogens (tertiary/aromatic N) is 4. The molecular weight excluding hydrogens is 320 g/mol. The summed E-state index contributed by atoms with van der Waals surface area (Å²) in [6.07, 6.45) is 5.35. The number of aromatic nitrogens is 1. The zero-order chi connectivity index (χ0) is 17.4. The molecule has 3 aliphatic rings. The number of likely N-dealkylation sites (tertiary alicyclic amines) is 2. The molecule has 1 spiro atoms. The Hall–Kier alpha value is -2.15. The van der Waals surface area contributed by atoms with Crippen molar-refractivity contribution in [3.05, 3.63) is 30.1 Å². The SMILES string of the molecule is CN1CC2(CN(C(=O)C3CCCN(Cc4cccnc4)C3)C2)OC1=O. The molecule has 0 aliphatic carbocycles. The van der Waals surface area contributed by atoms with Crippen LogP contribution < -0.4 is 0 Å². The van der Waals surface area contributed by atoms with Crippen molar-refractivity contribution in [1.29, 1.82) is 0 Å². The van der Waals surface area contributed by atoms with Crippen molar-refractivity contribution in [1.82, 2.24) is 19.7 Å². The van der Waals surface area contributed by atoms with Gasteiger partial charge in [-0.05, 0) is 31.0 Å². The number of pyridine rings is 1. The molecule has 1 aromatic heterocycles. The van der Waals surface area contributed by atoms with Crippen molar-refractivity contribution in [2.24, 2.45) is 5.92 Å². The highest BCUT2D eigenvalue weighted by Crippen LogP contribution is 2.33. The topological polar surface area (TPSA) is 66.0 Å². The number of piperidine rings is 1. The van der Waals surface area contributed by atoms with Crippen LogP contribution in [-0.2, 0) is 16.1 Å². The van der Waals surface area contributed by atoms with Gasteiger partial charge in [-0.2, -0.15) is 0 Å². The Labute approximate surface area is 147 Å². The first-order valence-electron chi connectivity index (χ1n) is 8.89. The van der Waals surface area contributed by atoms with E-state index in [1.54, 1.807) is 18.1 Å². The Morgan fingerprint density at radius 2 is 2.24 bits per heavy atom. The van der Waals surface area contributed by atoms with Gasteiger partial charge in [0.1, 0.15) is 0 Å². The van der Waals surface area contributed by atoms with Crippen LogP contribution in [0.1, 0.15) is 18.4 Å². The summed E-state index contributed by atoms with van der Waals surface area (Å²) in [4.78, 5) is 34.3. The molecule has 25 heavy (non-hydrogen) atoms. The van der Waals surface area contributed by atoms with Gasteiger partial charge in [0, 0.05) is 32.5 Å². The Kier molecular flexibility index (Phi) is 4.11. The van der Waals surface area contributed by atoms with E-state index in [-0.39, 0.29) is 17.9 Å². The Morgan fingerprint density at radius 3 is 2.92 bits per heavy atom. The van der Waals surface area contributed by atoms with E-state index in [0.717, 1.165) is 32.5 Å². The van der Waals surface area contributed by atoms with Crippen LogP contribution in [0.3, 0.4) is 0 Å². The quantitative estimate of drug-likeness (QED) is 0.817. The lowest BCUT2D eigenvalue weighted by atomic mass is 9.89. The maximum Gasteiger partial charge on any atom is 0.410 e. The molecule has 1 unspecified atom stereocenters. The largest absolute Gasteiger partial charge is 0.437 e. The molecule has 3 aliphatic heterocycles. The van der Waals surface area contributed by atoms with Gasteiger partial charge in [-0.15, -0.1) is 0 Å². The lowest BCUT2D eigenvalue weighted by molar-refractivity contribution is -0.156. The van der Waals surface area contributed by atoms with Gasteiger partial charge >= 0.3 is 6.09 Å². The molecule has 4 heterocycles. The summed E-state index contributed by atoms with van der Waals surface area (Å²) in [5, 5.41) is 0. The average molecular weight is 344 g/mol. The molecule has 0 N–H and O–H groups in total. The first-order chi connectivity index (χ1) is 12.0. The first-order valence-corrected chi connectivity index (χ1v) is 8.89. The molecule has 1 aromatic rings. The third-order valence-electron chi connectivity index (χ3n) is 5.39. The second kappa shape index (κ2) is 6.29. The molecule has 0 bridgehead atoms. The van der Waals surface area contributed by atoms with Gasteiger partial charge in [0.05, 0.1) is 25.6 Å². The zero-order valence-corrected chi connectivity index (χ0v) is 14.6. The molecule has 0 aromatic carbocycles. The van der Waals surface area contributed by atoms with E-state index in [1.807, 2.05) is 17.2 Å². The summed E-state index contributed by atoms with van der Waals surface area (Å²) >= 11 is 0. The van der Waals surface area contributed by atoms with Gasteiger partial charge in [0.15, 0.2) is 5.60 Å². The van der Waals surface area contributed by atoms with E-state index < -0.39 is 5.60 Å². The maximum atomic E-state index is 12.8. The van der Waals surface area contributed by atoms with Crippen molar-refractivity contribution in [2.45, 2.75) is 25.0 Å². The second-order valence-electron chi connectivity index (χ2n) is 7.54. The molecule has 0 saturated carbocycles. The molecule has 3 fully saturated rings. The maximum absolute atomic E-state index is 12.8. The van der Waals surface area contributed by atoms with Crippen molar-refractivity contribution in [3.8, 4) is 0 Å². The van der Waals surface area contributed by atoms with Crippen molar-refractivity contribution >= 4 is 12.0 Å². The number of hydrogen-bond acceptors (Lipinski definition) is 5. The lowest BCUT2D eigenvalue weighted by Crippen LogP contribution is -2.66. The van der Waals surface area contributed by atoms with Crippen LogP contribution in [-0.4, -0.2) is 77.1 Å². The molecule has 0 radical (unpaired) electrons. The zero-order valence-electron chi connectivity index (χ0n) is 14.6. The molecule has 2 amide bonds. The van der Waals surface area contributed by atoms with E-state index in [0.29, 0.717) is 19.6 Å². The number of carbonyl (C=O) groups excluding carboxylic acids is 2. The van der Waals surface area contributed by atoms with Crippen molar-refractivity contribution in [3.63, 3.8) is 0 Å². The molecule has 7 heteroatoms. The van der Waals surface area contributed by atoms with Gasteiger partial charge in [0.2, 0.25) is 5.91 Å². The molecule has 4 rings (SSSR count). The summed E-state index contributed by atoms with van der Waals surface area (Å²) in [5.41, 5.74) is 0.713. The highest BCUT2D eigenvalue weighted by atomic mass is 16.6. The number of ether oxygens (including phenoxy) is 1. The van der Waals surface area contributed by atoms with E-state index in [1.165, 1.54) is 5.56 Å².